The lowest BCUT2D eigenvalue weighted by atomic mass is 10.1. The van der Waals surface area contributed by atoms with Crippen molar-refractivity contribution in [2.24, 2.45) is 0 Å². The van der Waals surface area contributed by atoms with Crippen LogP contribution in [0.2, 0.25) is 0 Å². The van der Waals surface area contributed by atoms with Crippen LogP contribution < -0.4 is 0 Å². The number of hydrogen-bond acceptors (Lipinski definition) is 2. The smallest absolute Gasteiger partial charge is 0.419 e. The minimum absolute atomic E-state index is 0.0405. The molecular weight excluding hydrogens is 292 g/mol. The highest BCUT2D eigenvalue weighted by Gasteiger charge is 2.34. The van der Waals surface area contributed by atoms with Gasteiger partial charge in [0, 0.05) is 11.6 Å². The Balaban J connectivity index is 2.37. The molecule has 7 heteroatoms. The van der Waals surface area contributed by atoms with E-state index in [1.54, 1.807) is 0 Å². The Morgan fingerprint density at radius 2 is 1.90 bits per heavy atom. The lowest BCUT2D eigenvalue weighted by molar-refractivity contribution is -0.140. The zero-order valence-electron chi connectivity index (χ0n) is 10.3. The molecule has 0 fully saturated rings. The molecule has 0 aliphatic rings. The Morgan fingerprint density at radius 3 is 2.52 bits per heavy atom. The second-order valence-electron chi connectivity index (χ2n) is 4.07. The number of halogens is 4. The molecule has 0 aliphatic heterocycles. The number of carbonyl (C=O) groups is 1. The maximum absolute atomic E-state index is 13.2. The molecule has 2 rings (SSSR count). The molecule has 0 aliphatic carbocycles. The Kier molecular flexibility index (Phi) is 3.84. The van der Waals surface area contributed by atoms with E-state index in [-0.39, 0.29) is 17.1 Å². The number of furan rings is 1. The molecule has 0 radical (unpaired) electrons. The average Bonchev–Trinajstić information content (AvgIpc) is 2.84. The van der Waals surface area contributed by atoms with Crippen LogP contribution in [0.25, 0.3) is 17.4 Å². The van der Waals surface area contributed by atoms with Crippen molar-refractivity contribution in [3.05, 3.63) is 53.5 Å². The molecule has 0 bridgehead atoms. The van der Waals surface area contributed by atoms with Gasteiger partial charge in [-0.25, -0.2) is 9.18 Å². The third-order valence-electron chi connectivity index (χ3n) is 2.57. The van der Waals surface area contributed by atoms with E-state index < -0.39 is 23.5 Å². The summed E-state index contributed by atoms with van der Waals surface area (Å²) < 4.78 is 56.2. The molecule has 0 saturated heterocycles. The van der Waals surface area contributed by atoms with Crippen molar-refractivity contribution in [2.45, 2.75) is 6.18 Å². The Morgan fingerprint density at radius 1 is 1.19 bits per heavy atom. The van der Waals surface area contributed by atoms with Crippen LogP contribution in [0.3, 0.4) is 0 Å². The highest BCUT2D eigenvalue weighted by Crippen LogP contribution is 2.34. The van der Waals surface area contributed by atoms with Crippen molar-refractivity contribution in [3.63, 3.8) is 0 Å². The van der Waals surface area contributed by atoms with Crippen molar-refractivity contribution in [1.29, 1.82) is 0 Å². The summed E-state index contributed by atoms with van der Waals surface area (Å²) >= 11 is 0. The number of carboxylic acids is 1. The van der Waals surface area contributed by atoms with Crippen molar-refractivity contribution in [1.82, 2.24) is 0 Å². The van der Waals surface area contributed by atoms with Crippen molar-refractivity contribution in [2.75, 3.05) is 0 Å². The number of hydrogen-bond donors (Lipinski definition) is 1. The maximum atomic E-state index is 13.2. The second-order valence-corrected chi connectivity index (χ2v) is 4.07. The van der Waals surface area contributed by atoms with Gasteiger partial charge in [0.2, 0.25) is 0 Å². The van der Waals surface area contributed by atoms with E-state index in [9.17, 15) is 22.4 Å². The van der Waals surface area contributed by atoms with Crippen LogP contribution in [-0.4, -0.2) is 11.1 Å². The van der Waals surface area contributed by atoms with Crippen LogP contribution in [0.15, 0.2) is 40.8 Å². The molecule has 0 unspecified atom stereocenters. The maximum Gasteiger partial charge on any atom is 0.419 e. The van der Waals surface area contributed by atoms with Gasteiger partial charge in [-0.2, -0.15) is 13.2 Å². The van der Waals surface area contributed by atoms with Gasteiger partial charge in [-0.05, 0) is 36.4 Å². The molecule has 1 aromatic carbocycles. The summed E-state index contributed by atoms with van der Waals surface area (Å²) in [7, 11) is 0. The number of benzene rings is 1. The predicted molar refractivity (Wildman–Crippen MR) is 65.8 cm³/mol. The second kappa shape index (κ2) is 5.43. The molecule has 1 N–H and O–H groups in total. The van der Waals surface area contributed by atoms with Crippen LogP contribution in [-0.2, 0) is 11.0 Å². The fourth-order valence-corrected chi connectivity index (χ4v) is 1.65. The quantitative estimate of drug-likeness (QED) is 0.682. The van der Waals surface area contributed by atoms with E-state index in [0.717, 1.165) is 18.2 Å². The van der Waals surface area contributed by atoms with E-state index in [4.69, 9.17) is 9.52 Å². The van der Waals surface area contributed by atoms with Crippen molar-refractivity contribution < 1.29 is 31.9 Å². The minimum atomic E-state index is -4.81. The van der Waals surface area contributed by atoms with Crippen LogP contribution in [0.5, 0.6) is 0 Å². The number of rotatable bonds is 3. The molecule has 110 valence electrons. The number of aliphatic carboxylic acids is 1. The third-order valence-corrected chi connectivity index (χ3v) is 2.57. The summed E-state index contributed by atoms with van der Waals surface area (Å²) in [6.07, 6.45) is -2.83. The summed E-state index contributed by atoms with van der Waals surface area (Å²) in [5.41, 5.74) is -1.35. The number of alkyl halides is 3. The minimum Gasteiger partial charge on any atom is -0.478 e. The first-order chi connectivity index (χ1) is 9.77. The van der Waals surface area contributed by atoms with E-state index in [2.05, 4.69) is 0 Å². The summed E-state index contributed by atoms with van der Waals surface area (Å²) in [5, 5.41) is 8.46. The van der Waals surface area contributed by atoms with Crippen LogP contribution in [0, 0.1) is 5.82 Å². The molecule has 2 aromatic rings. The highest BCUT2D eigenvalue weighted by molar-refractivity contribution is 5.84. The van der Waals surface area contributed by atoms with Gasteiger partial charge in [0.15, 0.2) is 0 Å². The van der Waals surface area contributed by atoms with E-state index in [1.165, 1.54) is 12.1 Å². The first-order valence-electron chi connectivity index (χ1n) is 5.65. The Labute approximate surface area is 116 Å². The first kappa shape index (κ1) is 14.8. The first-order valence-corrected chi connectivity index (χ1v) is 5.65. The van der Waals surface area contributed by atoms with Crippen LogP contribution in [0.1, 0.15) is 11.3 Å². The molecule has 21 heavy (non-hydrogen) atoms. The van der Waals surface area contributed by atoms with Gasteiger partial charge in [0.25, 0.3) is 0 Å². The lowest BCUT2D eigenvalue weighted by Crippen LogP contribution is -2.08. The molecule has 1 aromatic heterocycles. The lowest BCUT2D eigenvalue weighted by Gasteiger charge is -2.08. The molecule has 0 saturated carbocycles. The normalized spacial score (nSPS) is 12.0. The van der Waals surface area contributed by atoms with Gasteiger partial charge in [-0.3, -0.25) is 0 Å². The van der Waals surface area contributed by atoms with E-state index in [1.807, 2.05) is 0 Å². The largest absolute Gasteiger partial charge is 0.478 e. The summed E-state index contributed by atoms with van der Waals surface area (Å²) in [5.74, 6) is -2.33. The predicted octanol–water partition coefficient (Wildman–Crippen LogP) is 4.20. The van der Waals surface area contributed by atoms with Gasteiger partial charge in [-0.15, -0.1) is 0 Å². The van der Waals surface area contributed by atoms with Gasteiger partial charge >= 0.3 is 12.1 Å². The third kappa shape index (κ3) is 3.50. The number of carboxylic acid groups (broad SMARTS) is 1. The fourth-order valence-electron chi connectivity index (χ4n) is 1.65. The van der Waals surface area contributed by atoms with Crippen LogP contribution >= 0.6 is 0 Å². The van der Waals surface area contributed by atoms with Gasteiger partial charge in [0.1, 0.15) is 17.3 Å². The molecule has 0 spiro atoms. The summed E-state index contributed by atoms with van der Waals surface area (Å²) in [4.78, 5) is 10.3. The monoisotopic (exact) mass is 300 g/mol. The molecule has 3 nitrogen and oxygen atoms in total. The molecular formula is C14H8F4O3. The fraction of sp³-hybridized carbons (Fsp3) is 0.0714. The molecule has 0 amide bonds. The van der Waals surface area contributed by atoms with Gasteiger partial charge in [-0.1, -0.05) is 0 Å². The summed E-state index contributed by atoms with van der Waals surface area (Å²) in [6.45, 7) is 0. The molecule has 0 atom stereocenters. The SMILES string of the molecule is O=C(O)/C=C/c1ccc(-c2ccc(F)c(C(F)(F)F)c2)o1. The average molecular weight is 300 g/mol. The van der Waals surface area contributed by atoms with E-state index in [0.29, 0.717) is 12.1 Å². The molecule has 1 heterocycles. The van der Waals surface area contributed by atoms with E-state index >= 15 is 0 Å². The summed E-state index contributed by atoms with van der Waals surface area (Å²) in [6, 6.07) is 5.25. The van der Waals surface area contributed by atoms with Crippen LogP contribution in [0.4, 0.5) is 17.6 Å². The Hall–Kier alpha value is -2.57. The zero-order chi connectivity index (χ0) is 15.6. The Bertz CT molecular complexity index is 698. The highest BCUT2D eigenvalue weighted by atomic mass is 19.4. The zero-order valence-corrected chi connectivity index (χ0v) is 10.3. The van der Waals surface area contributed by atoms with Gasteiger partial charge in [0.05, 0.1) is 5.56 Å². The standard InChI is InChI=1S/C14H8F4O3/c15-11-4-1-8(7-10(11)14(16,17)18)12-5-2-9(21-12)3-6-13(19)20/h1-7H,(H,19,20)/b6-3+. The topological polar surface area (TPSA) is 50.4 Å². The van der Waals surface area contributed by atoms with Crippen molar-refractivity contribution >= 4 is 12.0 Å². The van der Waals surface area contributed by atoms with Gasteiger partial charge < -0.3 is 9.52 Å². The van der Waals surface area contributed by atoms with Crippen molar-refractivity contribution in [3.8, 4) is 11.3 Å².